The molecule has 1 amide bonds. The first-order valence-corrected chi connectivity index (χ1v) is 7.06. The quantitative estimate of drug-likeness (QED) is 0.816. The number of aliphatic hydroxyl groups is 1. The molecule has 0 bridgehead atoms. The van der Waals surface area contributed by atoms with Gasteiger partial charge in [-0.1, -0.05) is 24.7 Å². The van der Waals surface area contributed by atoms with Gasteiger partial charge in [0.25, 0.3) is 5.91 Å². The smallest absolute Gasteiger partial charge is 0.252 e. The third kappa shape index (κ3) is 3.86. The molecule has 4 heteroatoms. The van der Waals surface area contributed by atoms with Gasteiger partial charge >= 0.3 is 0 Å². The first kappa shape index (κ1) is 13.1. The molecule has 1 aromatic rings. The second kappa shape index (κ2) is 6.03. The molecule has 1 fully saturated rings. The van der Waals surface area contributed by atoms with Crippen LogP contribution in [0, 0.1) is 17.8 Å². The highest BCUT2D eigenvalue weighted by Gasteiger charge is 2.24. The van der Waals surface area contributed by atoms with Gasteiger partial charge in [-0.25, -0.2) is 0 Å². The Morgan fingerprint density at radius 3 is 3.11 bits per heavy atom. The van der Waals surface area contributed by atoms with Crippen LogP contribution in [0.5, 0.6) is 0 Å². The lowest BCUT2D eigenvalue weighted by Gasteiger charge is -2.12. The average molecular weight is 263 g/mol. The van der Waals surface area contributed by atoms with Crippen molar-refractivity contribution in [2.75, 3.05) is 6.61 Å². The molecule has 1 saturated carbocycles. The molecule has 2 rings (SSSR count). The zero-order valence-electron chi connectivity index (χ0n) is 10.4. The molecule has 3 nitrogen and oxygen atoms in total. The summed E-state index contributed by atoms with van der Waals surface area (Å²) in [6.45, 7) is 1.90. The van der Waals surface area contributed by atoms with Crippen LogP contribution in [0.4, 0.5) is 0 Å². The van der Waals surface area contributed by atoms with Crippen molar-refractivity contribution in [3.63, 3.8) is 0 Å². The summed E-state index contributed by atoms with van der Waals surface area (Å²) < 4.78 is 0. The molecule has 1 aliphatic carbocycles. The van der Waals surface area contributed by atoms with Crippen LogP contribution in [-0.2, 0) is 0 Å². The Hall–Kier alpha value is -1.31. The molecule has 1 aliphatic rings. The van der Waals surface area contributed by atoms with E-state index in [1.807, 2.05) is 0 Å². The van der Waals surface area contributed by atoms with Crippen LogP contribution in [0.2, 0.25) is 0 Å². The normalized spacial score (nSPS) is 15.7. The SMILES string of the molecule is CC(CC1CC1)NC(=O)c1csc(C#CCO)c1. The largest absolute Gasteiger partial charge is 0.384 e. The molecular formula is C14H17NO2S. The van der Waals surface area contributed by atoms with E-state index < -0.39 is 0 Å². The number of thiophene rings is 1. The van der Waals surface area contributed by atoms with E-state index in [1.54, 1.807) is 11.4 Å². The van der Waals surface area contributed by atoms with Crippen LogP contribution in [0.1, 0.15) is 41.4 Å². The van der Waals surface area contributed by atoms with Crippen LogP contribution in [0.25, 0.3) is 0 Å². The lowest BCUT2D eigenvalue weighted by Crippen LogP contribution is -2.32. The molecule has 1 aromatic heterocycles. The van der Waals surface area contributed by atoms with Crippen molar-refractivity contribution in [1.82, 2.24) is 5.32 Å². The third-order valence-corrected chi connectivity index (χ3v) is 3.76. The van der Waals surface area contributed by atoms with Gasteiger partial charge in [0.15, 0.2) is 0 Å². The molecule has 0 spiro atoms. The number of amides is 1. The van der Waals surface area contributed by atoms with Crippen LogP contribution >= 0.6 is 11.3 Å². The van der Waals surface area contributed by atoms with Crippen molar-refractivity contribution in [3.05, 3.63) is 21.9 Å². The van der Waals surface area contributed by atoms with Crippen molar-refractivity contribution in [3.8, 4) is 11.8 Å². The van der Waals surface area contributed by atoms with Gasteiger partial charge in [-0.3, -0.25) is 4.79 Å². The molecular weight excluding hydrogens is 246 g/mol. The molecule has 96 valence electrons. The summed E-state index contributed by atoms with van der Waals surface area (Å²) in [6, 6.07) is 2.00. The van der Waals surface area contributed by atoms with Gasteiger partial charge in [-0.15, -0.1) is 11.3 Å². The average Bonchev–Trinajstić information content (AvgIpc) is 3.01. The minimum Gasteiger partial charge on any atom is -0.384 e. The van der Waals surface area contributed by atoms with Gasteiger partial charge in [-0.05, 0) is 25.3 Å². The van der Waals surface area contributed by atoms with Crippen molar-refractivity contribution < 1.29 is 9.90 Å². The van der Waals surface area contributed by atoms with Gasteiger partial charge in [0.1, 0.15) is 6.61 Å². The van der Waals surface area contributed by atoms with E-state index >= 15 is 0 Å². The Morgan fingerprint density at radius 2 is 2.44 bits per heavy atom. The fourth-order valence-corrected chi connectivity index (χ4v) is 2.62. The Balaban J connectivity index is 1.89. The highest BCUT2D eigenvalue weighted by Crippen LogP contribution is 2.33. The molecule has 0 aromatic carbocycles. The predicted octanol–water partition coefficient (Wildman–Crippen LogP) is 2.01. The summed E-state index contributed by atoms with van der Waals surface area (Å²) >= 11 is 1.43. The molecule has 18 heavy (non-hydrogen) atoms. The predicted molar refractivity (Wildman–Crippen MR) is 72.6 cm³/mol. The minimum atomic E-state index is -0.155. The van der Waals surface area contributed by atoms with Crippen LogP contribution in [-0.4, -0.2) is 23.7 Å². The molecule has 0 radical (unpaired) electrons. The van der Waals surface area contributed by atoms with Crippen molar-refractivity contribution in [2.45, 2.75) is 32.2 Å². The van der Waals surface area contributed by atoms with E-state index in [0.29, 0.717) is 5.56 Å². The Labute approximate surface area is 111 Å². The maximum absolute atomic E-state index is 11.9. The molecule has 0 aliphatic heterocycles. The van der Waals surface area contributed by atoms with E-state index in [1.165, 1.54) is 24.2 Å². The Morgan fingerprint density at radius 1 is 1.67 bits per heavy atom. The fraction of sp³-hybridized carbons (Fsp3) is 0.500. The molecule has 0 saturated heterocycles. The number of carbonyl (C=O) groups excluding carboxylic acids is 1. The number of hydrogen-bond donors (Lipinski definition) is 2. The van der Waals surface area contributed by atoms with Gasteiger partial charge < -0.3 is 10.4 Å². The number of hydrogen-bond acceptors (Lipinski definition) is 3. The second-order valence-corrected chi connectivity index (χ2v) is 5.62. The first-order chi connectivity index (χ1) is 8.69. The standard InChI is InChI=1S/C14H17NO2S/c1-10(7-11-4-5-11)15-14(17)12-8-13(18-9-12)3-2-6-16/h8-11,16H,4-7H2,1H3,(H,15,17). The lowest BCUT2D eigenvalue weighted by atomic mass is 10.1. The molecule has 1 heterocycles. The monoisotopic (exact) mass is 263 g/mol. The zero-order chi connectivity index (χ0) is 13.0. The van der Waals surface area contributed by atoms with Gasteiger partial charge in [-0.2, -0.15) is 0 Å². The van der Waals surface area contributed by atoms with Gasteiger partial charge in [0.05, 0.1) is 10.4 Å². The fourth-order valence-electron chi connectivity index (χ4n) is 1.87. The Bertz CT molecular complexity index is 479. The number of rotatable bonds is 4. The summed E-state index contributed by atoms with van der Waals surface area (Å²) in [4.78, 5) is 12.8. The van der Waals surface area contributed by atoms with E-state index in [9.17, 15) is 4.79 Å². The highest BCUT2D eigenvalue weighted by molar-refractivity contribution is 7.10. The van der Waals surface area contributed by atoms with Gasteiger partial charge in [0.2, 0.25) is 0 Å². The number of aliphatic hydroxyl groups excluding tert-OH is 1. The zero-order valence-corrected chi connectivity index (χ0v) is 11.2. The summed E-state index contributed by atoms with van der Waals surface area (Å²) in [5, 5.41) is 13.4. The molecule has 1 atom stereocenters. The van der Waals surface area contributed by atoms with E-state index in [4.69, 9.17) is 5.11 Å². The maximum Gasteiger partial charge on any atom is 0.252 e. The Kier molecular flexibility index (Phi) is 4.40. The summed E-state index contributed by atoms with van der Waals surface area (Å²) in [6.07, 6.45) is 3.69. The van der Waals surface area contributed by atoms with E-state index in [0.717, 1.165) is 17.2 Å². The van der Waals surface area contributed by atoms with E-state index in [-0.39, 0.29) is 18.6 Å². The summed E-state index contributed by atoms with van der Waals surface area (Å²) in [5.74, 6) is 6.16. The third-order valence-electron chi connectivity index (χ3n) is 2.91. The van der Waals surface area contributed by atoms with Crippen molar-refractivity contribution in [1.29, 1.82) is 0 Å². The lowest BCUT2D eigenvalue weighted by molar-refractivity contribution is 0.0938. The number of nitrogens with one attached hydrogen (secondary N) is 1. The summed E-state index contributed by atoms with van der Waals surface area (Å²) in [5.41, 5.74) is 0.657. The van der Waals surface area contributed by atoms with Crippen LogP contribution in [0.15, 0.2) is 11.4 Å². The van der Waals surface area contributed by atoms with Crippen molar-refractivity contribution in [2.24, 2.45) is 5.92 Å². The minimum absolute atomic E-state index is 0.0311. The van der Waals surface area contributed by atoms with Crippen LogP contribution in [0.3, 0.4) is 0 Å². The topological polar surface area (TPSA) is 49.3 Å². The second-order valence-electron chi connectivity index (χ2n) is 4.71. The molecule has 2 N–H and O–H groups in total. The van der Waals surface area contributed by atoms with E-state index in [2.05, 4.69) is 24.1 Å². The maximum atomic E-state index is 11.9. The highest BCUT2D eigenvalue weighted by atomic mass is 32.1. The van der Waals surface area contributed by atoms with Crippen LogP contribution < -0.4 is 5.32 Å². The van der Waals surface area contributed by atoms with Crippen molar-refractivity contribution >= 4 is 17.2 Å². The first-order valence-electron chi connectivity index (χ1n) is 6.18. The van der Waals surface area contributed by atoms with Gasteiger partial charge in [0, 0.05) is 11.4 Å². The summed E-state index contributed by atoms with van der Waals surface area (Å²) in [7, 11) is 0. The molecule has 1 unspecified atom stereocenters. The number of carbonyl (C=O) groups is 1.